The van der Waals surface area contributed by atoms with Crippen molar-refractivity contribution >= 4 is 11.9 Å². The Kier molecular flexibility index (Phi) is 5.98. The predicted molar refractivity (Wildman–Crippen MR) is 102 cm³/mol. The molecule has 4 heteroatoms. The Hall–Kier alpha value is -2.88. The molecule has 2 rings (SSSR count). The number of rotatable bonds is 5. The number of hydrogen-bond acceptors (Lipinski definition) is 3. The van der Waals surface area contributed by atoms with Crippen molar-refractivity contribution in [2.24, 2.45) is 5.41 Å². The molecule has 0 aromatic heterocycles. The van der Waals surface area contributed by atoms with E-state index in [1.165, 1.54) is 6.08 Å². The average Bonchev–Trinajstić information content (AvgIpc) is 2.62. The Bertz CT molecular complexity index is 735. The van der Waals surface area contributed by atoms with Crippen LogP contribution < -0.4 is 5.32 Å². The topological polar surface area (TPSA) is 55.4 Å². The molecule has 0 spiro atoms. The van der Waals surface area contributed by atoms with Crippen LogP contribution in [0, 0.1) is 5.41 Å². The summed E-state index contributed by atoms with van der Waals surface area (Å²) in [6.07, 6.45) is 3.05. The standard InChI is InChI=1S/C22H25NO3/c1-5-12-19(24)23-22(17-13-8-6-9-14-17,18-15-10-7-11-16-18)26-20(25)21(2,3)4/h5-16H,1-4H3,(H,23,24). The Morgan fingerprint density at radius 1 is 0.885 bits per heavy atom. The van der Waals surface area contributed by atoms with E-state index in [1.54, 1.807) is 33.8 Å². The fourth-order valence-electron chi connectivity index (χ4n) is 2.46. The molecule has 0 unspecified atom stereocenters. The maximum Gasteiger partial charge on any atom is 0.313 e. The van der Waals surface area contributed by atoms with Gasteiger partial charge in [-0.05, 0) is 33.8 Å². The van der Waals surface area contributed by atoms with E-state index in [4.69, 9.17) is 4.74 Å². The van der Waals surface area contributed by atoms with Gasteiger partial charge in [-0.2, -0.15) is 0 Å². The molecule has 0 radical (unpaired) electrons. The van der Waals surface area contributed by atoms with Crippen LogP contribution in [0.1, 0.15) is 38.8 Å². The number of esters is 1. The Morgan fingerprint density at radius 2 is 1.35 bits per heavy atom. The first-order chi connectivity index (χ1) is 12.3. The zero-order valence-electron chi connectivity index (χ0n) is 15.7. The molecule has 4 nitrogen and oxygen atoms in total. The summed E-state index contributed by atoms with van der Waals surface area (Å²) in [4.78, 5) is 25.2. The lowest BCUT2D eigenvalue weighted by Gasteiger charge is -2.36. The fraction of sp³-hybridized carbons (Fsp3) is 0.273. The largest absolute Gasteiger partial charge is 0.430 e. The van der Waals surface area contributed by atoms with Crippen LogP contribution in [0.5, 0.6) is 0 Å². The first kappa shape index (κ1) is 19.4. The highest BCUT2D eigenvalue weighted by atomic mass is 16.6. The Balaban J connectivity index is 2.66. The van der Waals surface area contributed by atoms with E-state index in [2.05, 4.69) is 5.32 Å². The summed E-state index contributed by atoms with van der Waals surface area (Å²) < 4.78 is 5.99. The molecular formula is C22H25NO3. The number of ether oxygens (including phenoxy) is 1. The normalized spacial score (nSPS) is 12.0. The summed E-state index contributed by atoms with van der Waals surface area (Å²) in [5.41, 5.74) is -0.799. The van der Waals surface area contributed by atoms with E-state index in [9.17, 15) is 9.59 Å². The van der Waals surface area contributed by atoms with E-state index in [1.807, 2.05) is 60.7 Å². The molecule has 0 fully saturated rings. The molecule has 136 valence electrons. The highest BCUT2D eigenvalue weighted by Gasteiger charge is 2.42. The van der Waals surface area contributed by atoms with Gasteiger partial charge >= 0.3 is 5.97 Å². The number of benzene rings is 2. The third-order valence-corrected chi connectivity index (χ3v) is 3.84. The Labute approximate surface area is 154 Å². The predicted octanol–water partition coefficient (Wildman–Crippen LogP) is 4.17. The van der Waals surface area contributed by atoms with Gasteiger partial charge in [-0.25, -0.2) is 0 Å². The lowest BCUT2D eigenvalue weighted by atomic mass is 9.92. The molecule has 0 aliphatic carbocycles. The second kappa shape index (κ2) is 8.00. The van der Waals surface area contributed by atoms with E-state index in [0.717, 1.165) is 0 Å². The van der Waals surface area contributed by atoms with Crippen LogP contribution in [0.25, 0.3) is 0 Å². The van der Waals surface area contributed by atoms with Gasteiger partial charge in [0.15, 0.2) is 0 Å². The van der Waals surface area contributed by atoms with E-state index < -0.39 is 17.1 Å². The lowest BCUT2D eigenvalue weighted by Crippen LogP contribution is -2.51. The van der Waals surface area contributed by atoms with Gasteiger partial charge in [0, 0.05) is 11.1 Å². The third kappa shape index (κ3) is 4.39. The zero-order valence-corrected chi connectivity index (χ0v) is 15.7. The van der Waals surface area contributed by atoms with Crippen molar-refractivity contribution in [3.8, 4) is 0 Å². The van der Waals surface area contributed by atoms with Gasteiger partial charge in [0.1, 0.15) is 0 Å². The van der Waals surface area contributed by atoms with Crippen LogP contribution >= 0.6 is 0 Å². The zero-order chi connectivity index (χ0) is 19.2. The monoisotopic (exact) mass is 351 g/mol. The molecule has 0 saturated carbocycles. The average molecular weight is 351 g/mol. The summed E-state index contributed by atoms with van der Waals surface area (Å²) in [5, 5.41) is 2.90. The number of carbonyl (C=O) groups is 2. The second-order valence-electron chi connectivity index (χ2n) is 7.04. The van der Waals surface area contributed by atoms with Gasteiger partial charge in [-0.1, -0.05) is 66.7 Å². The van der Waals surface area contributed by atoms with Gasteiger partial charge in [0.2, 0.25) is 11.6 Å². The number of allylic oxidation sites excluding steroid dienone is 1. The van der Waals surface area contributed by atoms with Crippen LogP contribution in [-0.2, 0) is 20.1 Å². The van der Waals surface area contributed by atoms with Crippen LogP contribution in [-0.4, -0.2) is 11.9 Å². The number of amides is 1. The van der Waals surface area contributed by atoms with E-state index >= 15 is 0 Å². The maximum atomic E-state index is 12.8. The summed E-state index contributed by atoms with van der Waals surface area (Å²) in [6.45, 7) is 7.10. The SMILES string of the molecule is CC=CC(=O)NC(OC(=O)C(C)(C)C)(c1ccccc1)c1ccccc1. The highest BCUT2D eigenvalue weighted by molar-refractivity contribution is 5.89. The molecule has 0 bridgehead atoms. The smallest absolute Gasteiger partial charge is 0.313 e. The van der Waals surface area contributed by atoms with Crippen LogP contribution in [0.4, 0.5) is 0 Å². The molecule has 2 aromatic carbocycles. The number of hydrogen-bond donors (Lipinski definition) is 1. The fourth-order valence-corrected chi connectivity index (χ4v) is 2.46. The number of carbonyl (C=O) groups excluding carboxylic acids is 2. The maximum absolute atomic E-state index is 12.8. The minimum Gasteiger partial charge on any atom is -0.430 e. The van der Waals surface area contributed by atoms with Gasteiger partial charge in [-0.15, -0.1) is 0 Å². The molecule has 0 aliphatic heterocycles. The van der Waals surface area contributed by atoms with Crippen LogP contribution in [0.3, 0.4) is 0 Å². The summed E-state index contributed by atoms with van der Waals surface area (Å²) in [6, 6.07) is 18.5. The molecule has 1 N–H and O–H groups in total. The Morgan fingerprint density at radius 3 is 1.73 bits per heavy atom. The van der Waals surface area contributed by atoms with Crippen molar-refractivity contribution in [1.29, 1.82) is 0 Å². The molecule has 0 atom stereocenters. The van der Waals surface area contributed by atoms with Crippen molar-refractivity contribution in [2.45, 2.75) is 33.4 Å². The summed E-state index contributed by atoms with van der Waals surface area (Å²) in [5.74, 6) is -0.757. The third-order valence-electron chi connectivity index (χ3n) is 3.84. The molecule has 1 amide bonds. The molecule has 2 aromatic rings. The molecule has 0 saturated heterocycles. The first-order valence-corrected chi connectivity index (χ1v) is 8.59. The van der Waals surface area contributed by atoms with E-state index in [-0.39, 0.29) is 5.91 Å². The molecule has 0 aliphatic rings. The van der Waals surface area contributed by atoms with Crippen molar-refractivity contribution in [2.75, 3.05) is 0 Å². The van der Waals surface area contributed by atoms with Crippen molar-refractivity contribution in [3.05, 3.63) is 83.9 Å². The van der Waals surface area contributed by atoms with Gasteiger partial charge < -0.3 is 10.1 Å². The van der Waals surface area contributed by atoms with Crippen molar-refractivity contribution < 1.29 is 14.3 Å². The summed E-state index contributed by atoms with van der Waals surface area (Å²) >= 11 is 0. The van der Waals surface area contributed by atoms with Gasteiger partial charge in [0.05, 0.1) is 5.41 Å². The quantitative estimate of drug-likeness (QED) is 0.500. The van der Waals surface area contributed by atoms with Crippen LogP contribution in [0.15, 0.2) is 72.8 Å². The van der Waals surface area contributed by atoms with Crippen LogP contribution in [0.2, 0.25) is 0 Å². The van der Waals surface area contributed by atoms with E-state index in [0.29, 0.717) is 11.1 Å². The van der Waals surface area contributed by atoms with Gasteiger partial charge in [-0.3, -0.25) is 9.59 Å². The van der Waals surface area contributed by atoms with Crippen molar-refractivity contribution in [1.82, 2.24) is 5.32 Å². The van der Waals surface area contributed by atoms with Crippen molar-refractivity contribution in [3.63, 3.8) is 0 Å². The van der Waals surface area contributed by atoms with Gasteiger partial charge in [0.25, 0.3) is 0 Å². The second-order valence-corrected chi connectivity index (χ2v) is 7.04. The lowest BCUT2D eigenvalue weighted by molar-refractivity contribution is -0.170. The molecule has 0 heterocycles. The number of nitrogens with one attached hydrogen (secondary N) is 1. The first-order valence-electron chi connectivity index (χ1n) is 8.59. The molecule has 26 heavy (non-hydrogen) atoms. The summed E-state index contributed by atoms with van der Waals surface area (Å²) in [7, 11) is 0. The molecular weight excluding hydrogens is 326 g/mol. The highest BCUT2D eigenvalue weighted by Crippen LogP contribution is 2.34. The minimum absolute atomic E-state index is 0.345. The minimum atomic E-state index is -1.41.